The highest BCUT2D eigenvalue weighted by atomic mass is 79.9. The summed E-state index contributed by atoms with van der Waals surface area (Å²) in [5.41, 5.74) is 0.0319. The molecule has 0 aliphatic rings. The number of carboxylic acids is 1. The van der Waals surface area contributed by atoms with Crippen LogP contribution in [0, 0.1) is 0 Å². The number of carboxylic acid groups (broad SMARTS) is 1. The number of aromatic nitrogens is 1. The van der Waals surface area contributed by atoms with Crippen LogP contribution in [0.4, 0.5) is 0 Å². The summed E-state index contributed by atoms with van der Waals surface area (Å²) >= 11 is 10.6. The molecule has 0 fully saturated rings. The minimum absolute atomic E-state index is 0.0319. The second kappa shape index (κ2) is 3.49. The van der Waals surface area contributed by atoms with E-state index in [0.29, 0.717) is 5.39 Å². The summed E-state index contributed by atoms with van der Waals surface area (Å²) in [5, 5.41) is 9.71. The molecule has 2 aromatic rings. The van der Waals surface area contributed by atoms with Gasteiger partial charge in [-0.3, -0.25) is 0 Å². The second-order valence-corrected chi connectivity index (χ2v) is 5.35. The number of pyridine rings is 1. The zero-order valence-electron chi connectivity index (χ0n) is 6.62. The third-order valence-corrected chi connectivity index (χ3v) is 3.65. The van der Waals surface area contributed by atoms with E-state index in [1.54, 1.807) is 6.07 Å². The van der Waals surface area contributed by atoms with Crippen molar-refractivity contribution < 1.29 is 9.90 Å². The molecule has 72 valence electrons. The summed E-state index contributed by atoms with van der Waals surface area (Å²) in [5.74, 6) is -1.06. The first-order chi connectivity index (χ1) is 6.59. The van der Waals surface area contributed by atoms with Gasteiger partial charge in [-0.2, -0.15) is 0 Å². The van der Waals surface area contributed by atoms with E-state index in [0.717, 1.165) is 8.62 Å². The van der Waals surface area contributed by atoms with Crippen molar-refractivity contribution in [3.63, 3.8) is 0 Å². The third-order valence-electron chi connectivity index (χ3n) is 1.70. The normalized spacial score (nSPS) is 10.7. The number of hydrogen-bond donors (Lipinski definition) is 1. The van der Waals surface area contributed by atoms with Crippen molar-refractivity contribution in [1.29, 1.82) is 0 Å². The number of aromatic carboxylic acids is 1. The molecular formula is C8H3BrClNO2S. The molecule has 0 saturated carbocycles. The van der Waals surface area contributed by atoms with Crippen LogP contribution >= 0.6 is 38.9 Å². The van der Waals surface area contributed by atoms with E-state index in [1.165, 1.54) is 17.5 Å². The van der Waals surface area contributed by atoms with Crippen molar-refractivity contribution in [3.05, 3.63) is 26.6 Å². The van der Waals surface area contributed by atoms with Gasteiger partial charge in [0, 0.05) is 11.6 Å². The summed E-state index contributed by atoms with van der Waals surface area (Å²) in [6, 6.07) is 1.77. The maximum Gasteiger partial charge on any atom is 0.338 e. The van der Waals surface area contributed by atoms with Crippen LogP contribution in [-0.4, -0.2) is 16.1 Å². The van der Waals surface area contributed by atoms with E-state index >= 15 is 0 Å². The quantitative estimate of drug-likeness (QED) is 0.876. The fourth-order valence-corrected chi connectivity index (χ4v) is 2.84. The Bertz CT molecular complexity index is 525. The van der Waals surface area contributed by atoms with Crippen LogP contribution in [0.2, 0.25) is 5.02 Å². The highest BCUT2D eigenvalue weighted by Gasteiger charge is 2.14. The van der Waals surface area contributed by atoms with Crippen molar-refractivity contribution >= 4 is 55.1 Å². The van der Waals surface area contributed by atoms with Crippen LogP contribution in [0.1, 0.15) is 10.4 Å². The van der Waals surface area contributed by atoms with Crippen molar-refractivity contribution in [2.45, 2.75) is 0 Å². The van der Waals surface area contributed by atoms with Gasteiger partial charge >= 0.3 is 5.97 Å². The lowest BCUT2D eigenvalue weighted by Crippen LogP contribution is -1.97. The Morgan fingerprint density at radius 1 is 1.64 bits per heavy atom. The van der Waals surface area contributed by atoms with E-state index < -0.39 is 5.97 Å². The van der Waals surface area contributed by atoms with Gasteiger partial charge in [-0.1, -0.05) is 11.6 Å². The van der Waals surface area contributed by atoms with E-state index in [1.807, 2.05) is 0 Å². The molecule has 2 heterocycles. The Kier molecular flexibility index (Phi) is 2.47. The topological polar surface area (TPSA) is 50.2 Å². The molecule has 0 aliphatic heterocycles. The number of hydrogen-bond acceptors (Lipinski definition) is 3. The lowest BCUT2D eigenvalue weighted by atomic mass is 10.2. The molecule has 2 rings (SSSR count). The highest BCUT2D eigenvalue weighted by Crippen LogP contribution is 2.34. The monoisotopic (exact) mass is 291 g/mol. The Labute approximate surface area is 96.5 Å². The summed E-state index contributed by atoms with van der Waals surface area (Å²) < 4.78 is 0.879. The van der Waals surface area contributed by atoms with Gasteiger partial charge in [-0.15, -0.1) is 11.3 Å². The van der Waals surface area contributed by atoms with Gasteiger partial charge in [0.1, 0.15) is 4.83 Å². The largest absolute Gasteiger partial charge is 0.478 e. The summed E-state index contributed by atoms with van der Waals surface area (Å²) in [6.45, 7) is 0. The van der Waals surface area contributed by atoms with Gasteiger partial charge in [-0.05, 0) is 22.0 Å². The molecule has 0 spiro atoms. The Hall–Kier alpha value is -0.650. The maximum absolute atomic E-state index is 10.7. The summed E-state index contributed by atoms with van der Waals surface area (Å²) in [6.07, 6.45) is 1.27. The average molecular weight is 293 g/mol. The number of nitrogens with zero attached hydrogens (tertiary/aromatic N) is 1. The smallest absolute Gasteiger partial charge is 0.338 e. The van der Waals surface area contributed by atoms with Gasteiger partial charge in [0.15, 0.2) is 0 Å². The predicted molar refractivity (Wildman–Crippen MR) is 59.3 cm³/mol. The zero-order chi connectivity index (χ0) is 10.3. The van der Waals surface area contributed by atoms with E-state index in [9.17, 15) is 4.79 Å². The van der Waals surface area contributed by atoms with Crippen molar-refractivity contribution in [3.8, 4) is 0 Å². The fraction of sp³-hybridized carbons (Fsp3) is 0. The number of rotatable bonds is 1. The van der Waals surface area contributed by atoms with Crippen molar-refractivity contribution in [1.82, 2.24) is 4.98 Å². The molecule has 0 radical (unpaired) electrons. The van der Waals surface area contributed by atoms with E-state index in [-0.39, 0.29) is 10.6 Å². The van der Waals surface area contributed by atoms with Crippen LogP contribution in [0.25, 0.3) is 10.2 Å². The third kappa shape index (κ3) is 1.51. The SMILES string of the molecule is O=C(O)c1cnc2sc(Br)cc2c1Cl. The molecule has 14 heavy (non-hydrogen) atoms. The van der Waals surface area contributed by atoms with Gasteiger partial charge < -0.3 is 5.11 Å². The highest BCUT2D eigenvalue weighted by molar-refractivity contribution is 9.11. The van der Waals surface area contributed by atoms with Crippen molar-refractivity contribution in [2.24, 2.45) is 0 Å². The van der Waals surface area contributed by atoms with E-state index in [2.05, 4.69) is 20.9 Å². The predicted octanol–water partition coefficient (Wildman–Crippen LogP) is 3.41. The molecule has 0 amide bonds. The van der Waals surface area contributed by atoms with Crippen LogP contribution in [0.15, 0.2) is 16.0 Å². The standard InChI is InChI=1S/C8H3BrClNO2S/c9-5-1-3-6(10)4(8(12)13)2-11-7(3)14-5/h1-2H,(H,12,13). The van der Waals surface area contributed by atoms with Crippen LogP contribution in [0.5, 0.6) is 0 Å². The first-order valence-electron chi connectivity index (χ1n) is 3.56. The Morgan fingerprint density at radius 2 is 2.36 bits per heavy atom. The van der Waals surface area contributed by atoms with Crippen LogP contribution < -0.4 is 0 Å². The Balaban J connectivity index is 2.80. The van der Waals surface area contributed by atoms with Crippen LogP contribution in [-0.2, 0) is 0 Å². The molecule has 2 aromatic heterocycles. The molecule has 1 N–H and O–H groups in total. The molecule has 0 saturated heterocycles. The molecule has 0 bridgehead atoms. The van der Waals surface area contributed by atoms with Gasteiger partial charge in [-0.25, -0.2) is 9.78 Å². The second-order valence-electron chi connectivity index (χ2n) is 2.56. The van der Waals surface area contributed by atoms with Crippen molar-refractivity contribution in [2.75, 3.05) is 0 Å². The molecule has 6 heteroatoms. The minimum Gasteiger partial charge on any atom is -0.478 e. The summed E-state index contributed by atoms with van der Waals surface area (Å²) in [4.78, 5) is 15.5. The molecule has 0 aromatic carbocycles. The molecule has 0 aliphatic carbocycles. The molecular weight excluding hydrogens is 290 g/mol. The Morgan fingerprint density at radius 3 is 3.00 bits per heavy atom. The molecule has 3 nitrogen and oxygen atoms in total. The molecule has 0 unspecified atom stereocenters. The lowest BCUT2D eigenvalue weighted by Gasteiger charge is -1.97. The summed E-state index contributed by atoms with van der Waals surface area (Å²) in [7, 11) is 0. The van der Waals surface area contributed by atoms with Crippen LogP contribution in [0.3, 0.4) is 0 Å². The van der Waals surface area contributed by atoms with Gasteiger partial charge in [0.05, 0.1) is 14.4 Å². The lowest BCUT2D eigenvalue weighted by molar-refractivity contribution is 0.0697. The average Bonchev–Trinajstić information content (AvgIpc) is 2.46. The first kappa shape index (κ1) is 9.89. The zero-order valence-corrected chi connectivity index (χ0v) is 9.78. The number of thiophene rings is 1. The minimum atomic E-state index is -1.06. The number of carbonyl (C=O) groups is 1. The molecule has 0 atom stereocenters. The number of halogens is 2. The number of fused-ring (bicyclic) bond motifs is 1. The van der Waals surface area contributed by atoms with Gasteiger partial charge in [0.25, 0.3) is 0 Å². The maximum atomic E-state index is 10.7. The van der Waals surface area contributed by atoms with E-state index in [4.69, 9.17) is 16.7 Å². The fourth-order valence-electron chi connectivity index (χ4n) is 1.08. The van der Waals surface area contributed by atoms with Gasteiger partial charge in [0.2, 0.25) is 0 Å². The first-order valence-corrected chi connectivity index (χ1v) is 5.55.